The quantitative estimate of drug-likeness (QED) is 0.863. The zero-order chi connectivity index (χ0) is 17.1. The van der Waals surface area contributed by atoms with Gasteiger partial charge in [0.15, 0.2) is 0 Å². The van der Waals surface area contributed by atoms with Gasteiger partial charge in [0.05, 0.1) is 0 Å². The highest BCUT2D eigenvalue weighted by atomic mass is 16.5. The highest BCUT2D eigenvalue weighted by molar-refractivity contribution is 5.97. The molecule has 1 amide bonds. The summed E-state index contributed by atoms with van der Waals surface area (Å²) < 4.78 is 5.31. The highest BCUT2D eigenvalue weighted by Crippen LogP contribution is 2.40. The second-order valence-corrected chi connectivity index (χ2v) is 6.43. The number of rotatable bonds is 4. The van der Waals surface area contributed by atoms with Gasteiger partial charge in [0.1, 0.15) is 18.4 Å². The SMILES string of the molecule is C#CCOc1ccc(C(=O)N2C(C(=O)O)CC3CCCCC32)cc1. The third kappa shape index (κ3) is 3.09. The van der Waals surface area contributed by atoms with Crippen LogP contribution in [0.15, 0.2) is 24.3 Å². The zero-order valence-corrected chi connectivity index (χ0v) is 13.5. The van der Waals surface area contributed by atoms with Gasteiger partial charge in [0, 0.05) is 11.6 Å². The Morgan fingerprint density at radius 2 is 1.96 bits per heavy atom. The van der Waals surface area contributed by atoms with Crippen molar-refractivity contribution in [1.29, 1.82) is 0 Å². The lowest BCUT2D eigenvalue weighted by molar-refractivity contribution is -0.141. The van der Waals surface area contributed by atoms with E-state index in [9.17, 15) is 14.7 Å². The van der Waals surface area contributed by atoms with Crippen molar-refractivity contribution in [2.75, 3.05) is 6.61 Å². The molecular formula is C19H21NO4. The molecule has 126 valence electrons. The van der Waals surface area contributed by atoms with Crippen molar-refractivity contribution in [2.24, 2.45) is 5.92 Å². The Morgan fingerprint density at radius 1 is 1.25 bits per heavy atom. The van der Waals surface area contributed by atoms with Crippen LogP contribution >= 0.6 is 0 Å². The first kappa shape index (κ1) is 16.4. The fourth-order valence-electron chi connectivity index (χ4n) is 3.94. The number of terminal acetylenes is 1. The summed E-state index contributed by atoms with van der Waals surface area (Å²) in [6.45, 7) is 0.171. The maximum atomic E-state index is 12.9. The van der Waals surface area contributed by atoms with E-state index in [1.807, 2.05) is 0 Å². The van der Waals surface area contributed by atoms with Crippen LogP contribution in [0.1, 0.15) is 42.5 Å². The fraction of sp³-hybridized carbons (Fsp3) is 0.474. The molecule has 0 radical (unpaired) electrons. The number of ether oxygens (including phenoxy) is 1. The maximum Gasteiger partial charge on any atom is 0.326 e. The lowest BCUT2D eigenvalue weighted by Crippen LogP contribution is -2.46. The van der Waals surface area contributed by atoms with Crippen LogP contribution < -0.4 is 4.74 Å². The number of likely N-dealkylation sites (tertiary alicyclic amines) is 1. The van der Waals surface area contributed by atoms with Gasteiger partial charge in [0.25, 0.3) is 5.91 Å². The van der Waals surface area contributed by atoms with E-state index in [-0.39, 0.29) is 18.6 Å². The first-order valence-corrected chi connectivity index (χ1v) is 8.33. The summed E-state index contributed by atoms with van der Waals surface area (Å²) in [7, 11) is 0. The number of carboxylic acids is 1. The van der Waals surface area contributed by atoms with E-state index < -0.39 is 12.0 Å². The molecular weight excluding hydrogens is 306 g/mol. The highest BCUT2D eigenvalue weighted by Gasteiger charge is 2.47. The number of carboxylic acid groups (broad SMARTS) is 1. The Morgan fingerprint density at radius 3 is 2.62 bits per heavy atom. The van der Waals surface area contributed by atoms with Crippen molar-refractivity contribution in [1.82, 2.24) is 4.90 Å². The Balaban J connectivity index is 1.81. The molecule has 1 heterocycles. The molecule has 5 heteroatoms. The second-order valence-electron chi connectivity index (χ2n) is 6.43. The number of carbonyl (C=O) groups is 2. The van der Waals surface area contributed by atoms with Gasteiger partial charge < -0.3 is 14.7 Å². The summed E-state index contributed by atoms with van der Waals surface area (Å²) in [4.78, 5) is 26.2. The van der Waals surface area contributed by atoms with Crippen molar-refractivity contribution in [3.63, 3.8) is 0 Å². The average Bonchev–Trinajstić information content (AvgIpc) is 2.99. The summed E-state index contributed by atoms with van der Waals surface area (Å²) in [5.74, 6) is 2.17. The van der Waals surface area contributed by atoms with Crippen molar-refractivity contribution < 1.29 is 19.4 Å². The minimum atomic E-state index is -0.910. The van der Waals surface area contributed by atoms with Crippen LogP contribution in [-0.2, 0) is 4.79 Å². The van der Waals surface area contributed by atoms with E-state index in [0.29, 0.717) is 23.7 Å². The molecule has 0 spiro atoms. The standard InChI is InChI=1S/C19H21NO4/c1-2-11-24-15-9-7-13(8-10-15)18(21)20-16-6-4-3-5-14(16)12-17(20)19(22)23/h1,7-10,14,16-17H,3-6,11-12H2,(H,22,23). The molecule has 3 atom stereocenters. The van der Waals surface area contributed by atoms with Crippen LogP contribution in [-0.4, -0.2) is 40.6 Å². The molecule has 1 saturated carbocycles. The van der Waals surface area contributed by atoms with E-state index >= 15 is 0 Å². The summed E-state index contributed by atoms with van der Waals surface area (Å²) in [5.41, 5.74) is 0.487. The molecule has 3 unspecified atom stereocenters. The molecule has 2 aliphatic rings. The van der Waals surface area contributed by atoms with Crippen LogP contribution in [0.5, 0.6) is 5.75 Å². The van der Waals surface area contributed by atoms with Gasteiger partial charge in [-0.3, -0.25) is 4.79 Å². The van der Waals surface area contributed by atoms with Gasteiger partial charge >= 0.3 is 5.97 Å². The van der Waals surface area contributed by atoms with Crippen molar-refractivity contribution in [2.45, 2.75) is 44.2 Å². The Kier molecular flexibility index (Phi) is 4.75. The van der Waals surface area contributed by atoms with Gasteiger partial charge in [-0.1, -0.05) is 18.8 Å². The van der Waals surface area contributed by atoms with E-state index in [0.717, 1.165) is 25.7 Å². The molecule has 1 aromatic rings. The molecule has 1 aliphatic heterocycles. The molecule has 1 aromatic carbocycles. The van der Waals surface area contributed by atoms with Gasteiger partial charge in [0.2, 0.25) is 0 Å². The third-order valence-corrected chi connectivity index (χ3v) is 5.03. The fourth-order valence-corrected chi connectivity index (χ4v) is 3.94. The minimum Gasteiger partial charge on any atom is -0.481 e. The van der Waals surface area contributed by atoms with Crippen molar-refractivity contribution in [3.8, 4) is 18.1 Å². The summed E-state index contributed by atoms with van der Waals surface area (Å²) >= 11 is 0. The molecule has 0 aromatic heterocycles. The molecule has 1 saturated heterocycles. The molecule has 1 N–H and O–H groups in total. The number of carbonyl (C=O) groups excluding carboxylic acids is 1. The molecule has 0 bridgehead atoms. The number of hydrogen-bond acceptors (Lipinski definition) is 3. The summed E-state index contributed by atoms with van der Waals surface area (Å²) in [5, 5.41) is 9.54. The zero-order valence-electron chi connectivity index (χ0n) is 13.5. The van der Waals surface area contributed by atoms with Crippen LogP contribution in [0.3, 0.4) is 0 Å². The first-order valence-electron chi connectivity index (χ1n) is 8.33. The van der Waals surface area contributed by atoms with Crippen molar-refractivity contribution >= 4 is 11.9 Å². The molecule has 1 aliphatic carbocycles. The lowest BCUT2D eigenvalue weighted by Gasteiger charge is -2.33. The van der Waals surface area contributed by atoms with Gasteiger partial charge in [-0.05, 0) is 49.4 Å². The number of amides is 1. The smallest absolute Gasteiger partial charge is 0.326 e. The Bertz CT molecular complexity index is 661. The Hall–Kier alpha value is -2.48. The summed E-state index contributed by atoms with van der Waals surface area (Å²) in [6, 6.07) is 6.04. The van der Waals surface area contributed by atoms with Crippen molar-refractivity contribution in [3.05, 3.63) is 29.8 Å². The predicted octanol–water partition coefficient (Wildman–Crippen LogP) is 2.56. The lowest BCUT2D eigenvalue weighted by atomic mass is 9.84. The molecule has 2 fully saturated rings. The van der Waals surface area contributed by atoms with E-state index in [1.54, 1.807) is 29.2 Å². The molecule has 3 rings (SSSR count). The first-order chi connectivity index (χ1) is 11.6. The Labute approximate surface area is 141 Å². The van der Waals surface area contributed by atoms with Gasteiger partial charge in [-0.15, -0.1) is 6.42 Å². The average molecular weight is 327 g/mol. The number of fused-ring (bicyclic) bond motifs is 1. The number of benzene rings is 1. The van der Waals surface area contributed by atoms with Crippen LogP contribution in [0.25, 0.3) is 0 Å². The van der Waals surface area contributed by atoms with E-state index in [2.05, 4.69) is 5.92 Å². The molecule has 5 nitrogen and oxygen atoms in total. The minimum absolute atomic E-state index is 0.0460. The largest absolute Gasteiger partial charge is 0.481 e. The van der Waals surface area contributed by atoms with E-state index in [1.165, 1.54) is 0 Å². The molecule has 24 heavy (non-hydrogen) atoms. The summed E-state index contributed by atoms with van der Waals surface area (Å²) in [6.07, 6.45) is 9.79. The maximum absolute atomic E-state index is 12.9. The van der Waals surface area contributed by atoms with Crippen LogP contribution in [0, 0.1) is 18.3 Å². The van der Waals surface area contributed by atoms with E-state index in [4.69, 9.17) is 11.2 Å². The monoisotopic (exact) mass is 327 g/mol. The normalized spacial score (nSPS) is 25.6. The number of nitrogens with zero attached hydrogens (tertiary/aromatic N) is 1. The van der Waals surface area contributed by atoms with Crippen LogP contribution in [0.4, 0.5) is 0 Å². The van der Waals surface area contributed by atoms with Crippen LogP contribution in [0.2, 0.25) is 0 Å². The third-order valence-electron chi connectivity index (χ3n) is 5.03. The van der Waals surface area contributed by atoms with Gasteiger partial charge in [-0.2, -0.15) is 0 Å². The topological polar surface area (TPSA) is 66.8 Å². The van der Waals surface area contributed by atoms with Gasteiger partial charge in [-0.25, -0.2) is 4.79 Å². The second kappa shape index (κ2) is 6.96. The number of hydrogen-bond donors (Lipinski definition) is 1. The predicted molar refractivity (Wildman–Crippen MR) is 88.7 cm³/mol. The number of aliphatic carboxylic acids is 1.